The second-order valence-electron chi connectivity index (χ2n) is 8.34. The molecule has 0 spiro atoms. The number of hydrogen-bond donors (Lipinski definition) is 1. The van der Waals surface area contributed by atoms with Gasteiger partial charge in [0.15, 0.2) is 17.6 Å². The van der Waals surface area contributed by atoms with Gasteiger partial charge in [0.1, 0.15) is 11.5 Å². The molecule has 3 aromatic carbocycles. The monoisotopic (exact) mass is 542 g/mol. The molecule has 3 atom stereocenters. The van der Waals surface area contributed by atoms with Crippen LogP contribution in [0.25, 0.3) is 0 Å². The Morgan fingerprint density at radius 1 is 0.919 bits per heavy atom. The summed E-state index contributed by atoms with van der Waals surface area (Å²) in [5, 5.41) is 12.0. The van der Waals surface area contributed by atoms with Crippen LogP contribution in [-0.4, -0.2) is 43.2 Å². The fourth-order valence-corrected chi connectivity index (χ4v) is 5.11. The molecule has 0 bridgehead atoms. The van der Waals surface area contributed by atoms with Crippen LogP contribution in [0.4, 0.5) is 11.4 Å². The van der Waals surface area contributed by atoms with Crippen molar-refractivity contribution in [2.75, 3.05) is 24.2 Å². The van der Waals surface area contributed by atoms with E-state index < -0.39 is 35.8 Å². The van der Waals surface area contributed by atoms with Crippen molar-refractivity contribution >= 4 is 52.4 Å². The minimum atomic E-state index is -1.29. The fourth-order valence-electron chi connectivity index (χ4n) is 4.82. The van der Waals surface area contributed by atoms with Crippen LogP contribution in [0, 0.1) is 5.92 Å². The third-order valence-electron chi connectivity index (χ3n) is 6.40. The number of halogens is 2. The number of carbonyl (C=O) groups excluding carboxylic acids is 2. The number of methoxy groups -OCH3 is 2. The first kappa shape index (κ1) is 24.9. The van der Waals surface area contributed by atoms with Gasteiger partial charge >= 0.3 is 5.97 Å². The maximum atomic E-state index is 13.8. The molecule has 0 aliphatic carbocycles. The second kappa shape index (κ2) is 9.59. The van der Waals surface area contributed by atoms with Gasteiger partial charge in [-0.25, -0.2) is 14.8 Å². The lowest BCUT2D eigenvalue weighted by Crippen LogP contribution is -2.37. The first-order valence-corrected chi connectivity index (χ1v) is 11.9. The second-order valence-corrected chi connectivity index (χ2v) is 9.15. The number of amides is 2. The van der Waals surface area contributed by atoms with Gasteiger partial charge in [-0.3, -0.25) is 14.4 Å². The number of ether oxygens (including phenoxy) is 2. The SMILES string of the molecule is COc1ccc([C@@H]2[C@@H]3C(=O)N(c4ccc(Cl)c(Cl)c4)C(=O)[C@H]3ON2c2ccccc2)c(C(=O)O)c1OC. The van der Waals surface area contributed by atoms with Gasteiger partial charge in [0, 0.05) is 0 Å². The first-order chi connectivity index (χ1) is 17.8. The van der Waals surface area contributed by atoms with E-state index in [1.165, 1.54) is 43.5 Å². The summed E-state index contributed by atoms with van der Waals surface area (Å²) in [4.78, 5) is 46.9. The van der Waals surface area contributed by atoms with E-state index in [2.05, 4.69) is 0 Å². The molecule has 190 valence electrons. The zero-order chi connectivity index (χ0) is 26.4. The molecule has 5 rings (SSSR count). The molecule has 37 heavy (non-hydrogen) atoms. The number of carbonyl (C=O) groups is 3. The van der Waals surface area contributed by atoms with E-state index in [-0.39, 0.29) is 38.4 Å². The lowest BCUT2D eigenvalue weighted by Gasteiger charge is -2.30. The highest BCUT2D eigenvalue weighted by Crippen LogP contribution is 2.50. The van der Waals surface area contributed by atoms with Gasteiger partial charge in [-0.05, 0) is 42.0 Å². The van der Waals surface area contributed by atoms with Gasteiger partial charge in [0.05, 0.1) is 41.7 Å². The summed E-state index contributed by atoms with van der Waals surface area (Å²) in [5.41, 5.74) is 0.789. The Balaban J connectivity index is 1.69. The molecular weight excluding hydrogens is 523 g/mol. The molecule has 11 heteroatoms. The third-order valence-corrected chi connectivity index (χ3v) is 7.14. The lowest BCUT2D eigenvalue weighted by atomic mass is 9.87. The lowest BCUT2D eigenvalue weighted by molar-refractivity contribution is -0.126. The van der Waals surface area contributed by atoms with Crippen molar-refractivity contribution in [2.24, 2.45) is 5.92 Å². The van der Waals surface area contributed by atoms with Crippen molar-refractivity contribution in [3.8, 4) is 11.5 Å². The van der Waals surface area contributed by atoms with Gasteiger partial charge in [-0.1, -0.05) is 47.5 Å². The van der Waals surface area contributed by atoms with E-state index in [1.807, 2.05) is 0 Å². The molecule has 2 heterocycles. The van der Waals surface area contributed by atoms with Gasteiger partial charge in [-0.2, -0.15) is 0 Å². The van der Waals surface area contributed by atoms with Crippen LogP contribution in [0.1, 0.15) is 22.0 Å². The Hall–Kier alpha value is -3.79. The summed E-state index contributed by atoms with van der Waals surface area (Å²) in [5.74, 6) is -3.34. The molecule has 1 N–H and O–H groups in total. The number of imide groups is 1. The van der Waals surface area contributed by atoms with Gasteiger partial charge in [-0.15, -0.1) is 0 Å². The zero-order valence-electron chi connectivity index (χ0n) is 19.6. The van der Waals surface area contributed by atoms with E-state index >= 15 is 0 Å². The largest absolute Gasteiger partial charge is 0.493 e. The molecule has 0 saturated carbocycles. The van der Waals surface area contributed by atoms with Crippen LogP contribution in [-0.2, 0) is 14.4 Å². The molecule has 0 unspecified atom stereocenters. The predicted octanol–water partition coefficient (Wildman–Crippen LogP) is 4.76. The quantitative estimate of drug-likeness (QED) is 0.444. The van der Waals surface area contributed by atoms with Crippen LogP contribution < -0.4 is 19.4 Å². The highest BCUT2D eigenvalue weighted by atomic mass is 35.5. The number of aromatic carboxylic acids is 1. The minimum Gasteiger partial charge on any atom is -0.493 e. The summed E-state index contributed by atoms with van der Waals surface area (Å²) < 4.78 is 10.7. The van der Waals surface area contributed by atoms with E-state index in [1.54, 1.807) is 36.4 Å². The number of carboxylic acid groups (broad SMARTS) is 1. The summed E-state index contributed by atoms with van der Waals surface area (Å²) in [6.45, 7) is 0. The fraction of sp³-hybridized carbons (Fsp3) is 0.192. The summed E-state index contributed by atoms with van der Waals surface area (Å²) in [6, 6.07) is 15.3. The van der Waals surface area contributed by atoms with Crippen LogP contribution in [0.2, 0.25) is 10.0 Å². The first-order valence-electron chi connectivity index (χ1n) is 11.1. The standard InChI is InChI=1S/C26H20Cl2N2O7/c1-35-18-11-9-15(19(26(33)34)22(18)36-2)21-20-23(37-30(21)13-6-4-3-5-7-13)25(32)29(24(20)31)14-8-10-16(27)17(28)12-14/h3-12,20-21,23H,1-2H3,(H,33,34)/t20-,21+,23-/m0/s1. The number of rotatable bonds is 6. The van der Waals surface area contributed by atoms with Gasteiger partial charge in [0.25, 0.3) is 5.91 Å². The van der Waals surface area contributed by atoms with E-state index in [0.717, 1.165) is 4.90 Å². The van der Waals surface area contributed by atoms with Crippen molar-refractivity contribution in [2.45, 2.75) is 12.1 Å². The number of carboxylic acids is 1. The molecule has 2 amide bonds. The number of benzene rings is 3. The van der Waals surface area contributed by atoms with Crippen molar-refractivity contribution in [1.82, 2.24) is 0 Å². The molecule has 0 aromatic heterocycles. The van der Waals surface area contributed by atoms with Crippen molar-refractivity contribution in [3.63, 3.8) is 0 Å². The number of nitrogens with zero attached hydrogens (tertiary/aromatic N) is 2. The zero-order valence-corrected chi connectivity index (χ0v) is 21.1. The van der Waals surface area contributed by atoms with Gasteiger partial charge < -0.3 is 14.6 Å². The molecule has 2 saturated heterocycles. The Morgan fingerprint density at radius 3 is 2.27 bits per heavy atom. The number of anilines is 2. The molecule has 0 radical (unpaired) electrons. The maximum absolute atomic E-state index is 13.8. The van der Waals surface area contributed by atoms with Crippen LogP contribution in [0.5, 0.6) is 11.5 Å². The summed E-state index contributed by atoms with van der Waals surface area (Å²) >= 11 is 12.2. The number of hydrogen-bond acceptors (Lipinski definition) is 7. The average molecular weight is 543 g/mol. The Kier molecular flexibility index (Phi) is 6.45. The topological polar surface area (TPSA) is 106 Å². The van der Waals surface area contributed by atoms with E-state index in [0.29, 0.717) is 5.69 Å². The Morgan fingerprint density at radius 2 is 1.65 bits per heavy atom. The maximum Gasteiger partial charge on any atom is 0.339 e. The smallest absolute Gasteiger partial charge is 0.339 e. The normalized spacial score (nSPS) is 20.8. The molecular formula is C26H20Cl2N2O7. The van der Waals surface area contributed by atoms with E-state index in [9.17, 15) is 19.5 Å². The van der Waals surface area contributed by atoms with Crippen molar-refractivity contribution < 1.29 is 33.8 Å². The molecule has 2 aliphatic heterocycles. The minimum absolute atomic E-state index is 0.0120. The number of fused-ring (bicyclic) bond motifs is 1. The number of para-hydroxylation sites is 1. The number of hydroxylamine groups is 1. The van der Waals surface area contributed by atoms with Crippen LogP contribution in [0.3, 0.4) is 0 Å². The molecule has 2 fully saturated rings. The van der Waals surface area contributed by atoms with Crippen molar-refractivity contribution in [3.05, 3.63) is 81.8 Å². The molecule has 9 nitrogen and oxygen atoms in total. The highest BCUT2D eigenvalue weighted by molar-refractivity contribution is 6.42. The Labute approximate surface area is 221 Å². The average Bonchev–Trinajstić information content (AvgIpc) is 3.40. The van der Waals surface area contributed by atoms with Crippen LogP contribution >= 0.6 is 23.2 Å². The summed E-state index contributed by atoms with van der Waals surface area (Å²) in [7, 11) is 2.72. The van der Waals surface area contributed by atoms with Gasteiger partial charge in [0.2, 0.25) is 5.91 Å². The molecule has 2 aliphatic rings. The van der Waals surface area contributed by atoms with Crippen molar-refractivity contribution in [1.29, 1.82) is 0 Å². The summed E-state index contributed by atoms with van der Waals surface area (Å²) in [6.07, 6.45) is -1.21. The predicted molar refractivity (Wildman–Crippen MR) is 135 cm³/mol. The Bertz CT molecular complexity index is 1420. The third kappa shape index (κ3) is 3.96. The molecule has 3 aromatic rings. The highest BCUT2D eigenvalue weighted by Gasteiger charge is 2.61. The van der Waals surface area contributed by atoms with Crippen LogP contribution in [0.15, 0.2) is 60.7 Å². The van der Waals surface area contributed by atoms with E-state index in [4.69, 9.17) is 37.5 Å².